The summed E-state index contributed by atoms with van der Waals surface area (Å²) in [6.45, 7) is 1.44. The summed E-state index contributed by atoms with van der Waals surface area (Å²) in [6.07, 6.45) is 0.812. The van der Waals surface area contributed by atoms with Gasteiger partial charge in [0, 0.05) is 24.1 Å². The third-order valence-corrected chi connectivity index (χ3v) is 6.96. The lowest BCUT2D eigenvalue weighted by atomic mass is 9.99. The summed E-state index contributed by atoms with van der Waals surface area (Å²) in [5, 5.41) is 2.24. The van der Waals surface area contributed by atoms with Crippen LogP contribution in [0, 0.1) is 0 Å². The average Bonchev–Trinajstić information content (AvgIpc) is 2.95. The van der Waals surface area contributed by atoms with E-state index in [0.717, 1.165) is 26.9 Å². The molecule has 0 fully saturated rings. The molecule has 5 nitrogen and oxygen atoms in total. The molecule has 1 aliphatic heterocycles. The van der Waals surface area contributed by atoms with Crippen molar-refractivity contribution in [2.45, 2.75) is 30.7 Å². The number of carbonyl (C=O) groups excluding carboxylic acids is 3. The highest BCUT2D eigenvalue weighted by Crippen LogP contribution is 2.34. The van der Waals surface area contributed by atoms with Crippen LogP contribution in [0.15, 0.2) is 71.6 Å². The van der Waals surface area contributed by atoms with E-state index in [1.165, 1.54) is 11.8 Å². The molecule has 0 radical (unpaired) electrons. The number of fused-ring (bicyclic) bond motifs is 2. The van der Waals surface area contributed by atoms with Gasteiger partial charge in [-0.2, -0.15) is 0 Å². The molecular formula is C26H26N2O3S. The van der Waals surface area contributed by atoms with E-state index < -0.39 is 6.04 Å². The number of amides is 2. The second kappa shape index (κ2) is 9.57. The van der Waals surface area contributed by atoms with Crippen LogP contribution in [0.4, 0.5) is 5.69 Å². The maximum absolute atomic E-state index is 13.2. The van der Waals surface area contributed by atoms with E-state index in [4.69, 9.17) is 0 Å². The van der Waals surface area contributed by atoms with Crippen molar-refractivity contribution in [3.05, 3.63) is 72.3 Å². The van der Waals surface area contributed by atoms with Crippen LogP contribution < -0.4 is 4.90 Å². The van der Waals surface area contributed by atoms with E-state index >= 15 is 0 Å². The Hall–Kier alpha value is -3.12. The summed E-state index contributed by atoms with van der Waals surface area (Å²) in [6, 6.07) is 21.2. The number of thioether (sulfide) groups is 1. The number of para-hydroxylation sites is 1. The van der Waals surface area contributed by atoms with Crippen LogP contribution in [-0.2, 0) is 20.8 Å². The number of anilines is 1. The van der Waals surface area contributed by atoms with Crippen LogP contribution >= 0.6 is 11.8 Å². The van der Waals surface area contributed by atoms with E-state index in [1.807, 2.05) is 60.7 Å². The first-order chi connectivity index (χ1) is 15.4. The molecule has 164 valence electrons. The molecule has 0 aliphatic carbocycles. The molecular weight excluding hydrogens is 420 g/mol. The molecule has 1 atom stereocenters. The number of nitrogens with zero attached hydrogens (tertiary/aromatic N) is 2. The molecule has 0 saturated heterocycles. The molecule has 0 N–H and O–H groups in total. The first-order valence-corrected chi connectivity index (χ1v) is 11.7. The quantitative estimate of drug-likeness (QED) is 0.566. The number of rotatable bonds is 6. The van der Waals surface area contributed by atoms with Gasteiger partial charge < -0.3 is 9.80 Å². The Balaban J connectivity index is 1.54. The van der Waals surface area contributed by atoms with E-state index in [1.54, 1.807) is 23.7 Å². The predicted octanol–water partition coefficient (Wildman–Crippen LogP) is 4.33. The topological polar surface area (TPSA) is 57.7 Å². The standard InChI is InChI=1S/C26H26N2O3S/c1-18(29)23(16-19-11-12-20-7-3-4-8-21(20)15-19)27(2)26(31)17-28-22-9-5-6-10-24(22)32-14-13-25(28)30/h3-12,15,23H,13-14,16-17H2,1-2H3/t23-/m1/s1. The van der Waals surface area contributed by atoms with E-state index in [9.17, 15) is 14.4 Å². The zero-order valence-electron chi connectivity index (χ0n) is 18.3. The van der Waals surface area contributed by atoms with Crippen LogP contribution in [0.1, 0.15) is 18.9 Å². The van der Waals surface area contributed by atoms with Crippen molar-refractivity contribution in [3.8, 4) is 0 Å². The lowest BCUT2D eigenvalue weighted by Crippen LogP contribution is -2.48. The molecule has 32 heavy (non-hydrogen) atoms. The molecule has 3 aromatic carbocycles. The van der Waals surface area contributed by atoms with Crippen molar-refractivity contribution in [1.29, 1.82) is 0 Å². The van der Waals surface area contributed by atoms with Crippen molar-refractivity contribution >= 4 is 45.8 Å². The van der Waals surface area contributed by atoms with Gasteiger partial charge in [-0.3, -0.25) is 14.4 Å². The van der Waals surface area contributed by atoms with Gasteiger partial charge in [0.05, 0.1) is 11.7 Å². The summed E-state index contributed by atoms with van der Waals surface area (Å²) in [5.74, 6) is 0.292. The van der Waals surface area contributed by atoms with E-state index in [0.29, 0.717) is 18.6 Å². The molecule has 4 rings (SSSR count). The Morgan fingerprint density at radius 3 is 2.53 bits per heavy atom. The van der Waals surface area contributed by atoms with Crippen LogP contribution in [0.3, 0.4) is 0 Å². The average molecular weight is 447 g/mol. The molecule has 2 amide bonds. The Morgan fingerprint density at radius 2 is 1.75 bits per heavy atom. The molecule has 0 bridgehead atoms. The van der Waals surface area contributed by atoms with Crippen LogP contribution in [0.25, 0.3) is 10.8 Å². The fraction of sp³-hybridized carbons (Fsp3) is 0.269. The van der Waals surface area contributed by atoms with Crippen molar-refractivity contribution in [2.24, 2.45) is 0 Å². The van der Waals surface area contributed by atoms with Crippen LogP contribution in [0.2, 0.25) is 0 Å². The number of ketones is 1. The number of likely N-dealkylation sites (N-methyl/N-ethyl adjacent to an activating group) is 1. The fourth-order valence-electron chi connectivity index (χ4n) is 4.06. The number of hydrogen-bond donors (Lipinski definition) is 0. The lowest BCUT2D eigenvalue weighted by Gasteiger charge is -2.30. The SMILES string of the molecule is CC(=O)[C@@H](Cc1ccc2ccccc2c1)N(C)C(=O)CN1C(=O)CCSc2ccccc21. The van der Waals surface area contributed by atoms with Crippen LogP contribution in [-0.4, -0.2) is 47.9 Å². The third-order valence-electron chi connectivity index (χ3n) is 5.90. The summed E-state index contributed by atoms with van der Waals surface area (Å²) in [7, 11) is 1.65. The highest BCUT2D eigenvalue weighted by atomic mass is 32.2. The van der Waals surface area contributed by atoms with Gasteiger partial charge >= 0.3 is 0 Å². The monoisotopic (exact) mass is 446 g/mol. The second-order valence-electron chi connectivity index (χ2n) is 8.06. The highest BCUT2D eigenvalue weighted by Gasteiger charge is 2.29. The van der Waals surface area contributed by atoms with Crippen molar-refractivity contribution in [1.82, 2.24) is 4.90 Å². The maximum atomic E-state index is 13.2. The third kappa shape index (κ3) is 4.70. The first-order valence-electron chi connectivity index (χ1n) is 10.7. The normalized spacial score (nSPS) is 14.6. The Morgan fingerprint density at radius 1 is 1.03 bits per heavy atom. The number of hydrogen-bond acceptors (Lipinski definition) is 4. The zero-order chi connectivity index (χ0) is 22.7. The maximum Gasteiger partial charge on any atom is 0.243 e. The van der Waals surface area contributed by atoms with Gasteiger partial charge in [-0.25, -0.2) is 0 Å². The van der Waals surface area contributed by atoms with Gasteiger partial charge in [-0.15, -0.1) is 11.8 Å². The molecule has 6 heteroatoms. The number of benzene rings is 3. The lowest BCUT2D eigenvalue weighted by molar-refractivity contribution is -0.136. The largest absolute Gasteiger partial charge is 0.334 e. The van der Waals surface area contributed by atoms with Gasteiger partial charge in [-0.05, 0) is 41.8 Å². The van der Waals surface area contributed by atoms with Gasteiger partial charge in [0.15, 0.2) is 5.78 Å². The fourth-order valence-corrected chi connectivity index (χ4v) is 5.05. The molecule has 1 aliphatic rings. The number of carbonyl (C=O) groups is 3. The zero-order valence-corrected chi connectivity index (χ0v) is 19.1. The predicted molar refractivity (Wildman–Crippen MR) is 129 cm³/mol. The van der Waals surface area contributed by atoms with Gasteiger partial charge in [0.2, 0.25) is 11.8 Å². The summed E-state index contributed by atoms with van der Waals surface area (Å²) in [4.78, 5) is 42.5. The first kappa shape index (κ1) is 22.1. The molecule has 0 aromatic heterocycles. The molecule has 1 heterocycles. The Bertz CT molecular complexity index is 1180. The van der Waals surface area contributed by atoms with E-state index in [-0.39, 0.29) is 24.1 Å². The smallest absolute Gasteiger partial charge is 0.243 e. The Kier molecular flexibility index (Phi) is 6.61. The molecule has 0 spiro atoms. The van der Waals surface area contributed by atoms with Gasteiger partial charge in [-0.1, -0.05) is 54.6 Å². The highest BCUT2D eigenvalue weighted by molar-refractivity contribution is 7.99. The molecule has 0 unspecified atom stereocenters. The van der Waals surface area contributed by atoms with Gasteiger partial charge in [0.25, 0.3) is 0 Å². The minimum Gasteiger partial charge on any atom is -0.334 e. The minimum absolute atomic E-state index is 0.0712. The van der Waals surface area contributed by atoms with Crippen LogP contribution in [0.5, 0.6) is 0 Å². The molecule has 0 saturated carbocycles. The minimum atomic E-state index is -0.588. The summed E-state index contributed by atoms with van der Waals surface area (Å²) < 4.78 is 0. The Labute approximate surface area is 192 Å². The van der Waals surface area contributed by atoms with Crippen molar-refractivity contribution in [2.75, 3.05) is 24.2 Å². The van der Waals surface area contributed by atoms with Gasteiger partial charge in [0.1, 0.15) is 6.54 Å². The summed E-state index contributed by atoms with van der Waals surface area (Å²) >= 11 is 1.62. The van der Waals surface area contributed by atoms with Crippen molar-refractivity contribution in [3.63, 3.8) is 0 Å². The number of Topliss-reactive ketones (excluding diaryl/α,β-unsaturated/α-hetero) is 1. The molecule has 3 aromatic rings. The van der Waals surface area contributed by atoms with Crippen molar-refractivity contribution < 1.29 is 14.4 Å². The summed E-state index contributed by atoms with van der Waals surface area (Å²) in [5.41, 5.74) is 1.76. The second-order valence-corrected chi connectivity index (χ2v) is 9.20. The van der Waals surface area contributed by atoms with E-state index in [2.05, 4.69) is 6.07 Å².